The van der Waals surface area contributed by atoms with Crippen molar-refractivity contribution in [2.75, 3.05) is 0 Å². The number of hydrogen-bond donors (Lipinski definition) is 1. The summed E-state index contributed by atoms with van der Waals surface area (Å²) in [6.07, 6.45) is 9.75. The maximum Gasteiger partial charge on any atom is 0.165 e. The van der Waals surface area contributed by atoms with Gasteiger partial charge in [0, 0.05) is 5.41 Å². The lowest BCUT2D eigenvalue weighted by molar-refractivity contribution is -0.135. The fraction of sp³-hybridized carbons (Fsp3) is 0.864. The fourth-order valence-electron chi connectivity index (χ4n) is 8.26. The van der Waals surface area contributed by atoms with Crippen molar-refractivity contribution in [2.24, 2.45) is 28.6 Å². The lowest BCUT2D eigenvalue weighted by atomic mass is 9.47. The number of ketones is 1. The molecule has 1 heterocycles. The summed E-state index contributed by atoms with van der Waals surface area (Å²) in [6, 6.07) is 0. The first-order valence-corrected chi connectivity index (χ1v) is 10.3. The van der Waals surface area contributed by atoms with E-state index in [1.807, 2.05) is 0 Å². The summed E-state index contributed by atoms with van der Waals surface area (Å²) in [5, 5.41) is 10.1. The van der Waals surface area contributed by atoms with Crippen LogP contribution in [-0.4, -0.2) is 28.2 Å². The first-order chi connectivity index (χ1) is 11.7. The summed E-state index contributed by atoms with van der Waals surface area (Å²) >= 11 is 0. The van der Waals surface area contributed by atoms with Gasteiger partial charge < -0.3 is 9.84 Å². The van der Waals surface area contributed by atoms with Gasteiger partial charge in [-0.15, -0.1) is 0 Å². The van der Waals surface area contributed by atoms with Gasteiger partial charge in [0.15, 0.2) is 11.4 Å². The predicted molar refractivity (Wildman–Crippen MR) is 96.0 cm³/mol. The zero-order valence-corrected chi connectivity index (χ0v) is 16.1. The van der Waals surface area contributed by atoms with E-state index in [9.17, 15) is 9.90 Å². The smallest absolute Gasteiger partial charge is 0.165 e. The highest BCUT2D eigenvalue weighted by Gasteiger charge is 2.85. The molecule has 1 N–H and O–H groups in total. The van der Waals surface area contributed by atoms with Gasteiger partial charge in [0.1, 0.15) is 5.60 Å². The van der Waals surface area contributed by atoms with Gasteiger partial charge in [0.05, 0.1) is 6.10 Å². The molecule has 4 fully saturated rings. The molecule has 0 aromatic heterocycles. The molecule has 138 valence electrons. The number of carbonyl (C=O) groups excluding carboxylic acids is 1. The van der Waals surface area contributed by atoms with E-state index in [2.05, 4.69) is 26.8 Å². The molecule has 25 heavy (non-hydrogen) atoms. The highest BCUT2D eigenvalue weighted by molar-refractivity contribution is 5.91. The van der Waals surface area contributed by atoms with Crippen LogP contribution in [0, 0.1) is 28.6 Å². The van der Waals surface area contributed by atoms with Crippen molar-refractivity contribution in [3.8, 4) is 0 Å². The maximum absolute atomic E-state index is 12.6. The summed E-state index contributed by atoms with van der Waals surface area (Å²) in [6.45, 7) is 8.72. The number of epoxide rings is 1. The summed E-state index contributed by atoms with van der Waals surface area (Å²) in [5.74, 6) is 2.23. The Labute approximate surface area is 151 Å². The van der Waals surface area contributed by atoms with E-state index in [0.717, 1.165) is 38.5 Å². The lowest BCUT2D eigenvalue weighted by Gasteiger charge is -2.58. The second-order valence-electron chi connectivity index (χ2n) is 10.4. The molecule has 3 heteroatoms. The molecule has 5 rings (SSSR count). The van der Waals surface area contributed by atoms with E-state index in [4.69, 9.17) is 4.74 Å². The monoisotopic (exact) mass is 344 g/mol. The van der Waals surface area contributed by atoms with Crippen LogP contribution in [-0.2, 0) is 9.53 Å². The molecule has 0 amide bonds. The Balaban J connectivity index is 1.53. The first kappa shape index (κ1) is 16.5. The maximum atomic E-state index is 12.6. The number of ether oxygens (including phenoxy) is 1. The molecule has 8 atom stereocenters. The summed E-state index contributed by atoms with van der Waals surface area (Å²) in [7, 11) is 0. The molecule has 5 aliphatic rings. The second kappa shape index (κ2) is 4.59. The topological polar surface area (TPSA) is 49.8 Å². The Morgan fingerprint density at radius 2 is 1.96 bits per heavy atom. The zero-order valence-electron chi connectivity index (χ0n) is 16.1. The third-order valence-corrected chi connectivity index (χ3v) is 9.46. The molecule has 1 aliphatic heterocycles. The Kier molecular flexibility index (Phi) is 3.03. The minimum atomic E-state index is -0.511. The van der Waals surface area contributed by atoms with E-state index in [1.165, 1.54) is 12.0 Å². The van der Waals surface area contributed by atoms with Crippen LogP contribution in [0.25, 0.3) is 0 Å². The van der Waals surface area contributed by atoms with Gasteiger partial charge in [-0.25, -0.2) is 0 Å². The van der Waals surface area contributed by atoms with Gasteiger partial charge in [0.25, 0.3) is 0 Å². The van der Waals surface area contributed by atoms with Gasteiger partial charge in [-0.05, 0) is 82.0 Å². The largest absolute Gasteiger partial charge is 0.393 e. The van der Waals surface area contributed by atoms with E-state index >= 15 is 0 Å². The number of fused-ring (bicyclic) bond motifs is 7. The van der Waals surface area contributed by atoms with E-state index in [-0.39, 0.29) is 28.3 Å². The molecule has 0 radical (unpaired) electrons. The molecule has 0 aromatic carbocycles. The molecule has 0 spiro atoms. The number of rotatable bonds is 1. The van der Waals surface area contributed by atoms with Crippen molar-refractivity contribution in [1.82, 2.24) is 0 Å². The van der Waals surface area contributed by atoms with Crippen molar-refractivity contribution >= 4 is 5.78 Å². The second-order valence-corrected chi connectivity index (χ2v) is 10.4. The van der Waals surface area contributed by atoms with E-state index in [1.54, 1.807) is 6.92 Å². The van der Waals surface area contributed by atoms with Gasteiger partial charge in [-0.3, -0.25) is 4.79 Å². The minimum absolute atomic E-state index is 0.00460. The van der Waals surface area contributed by atoms with Crippen LogP contribution in [0.15, 0.2) is 11.6 Å². The Morgan fingerprint density at radius 3 is 2.68 bits per heavy atom. The molecular weight excluding hydrogens is 312 g/mol. The van der Waals surface area contributed by atoms with Gasteiger partial charge in [-0.2, -0.15) is 0 Å². The van der Waals surface area contributed by atoms with Gasteiger partial charge in [-0.1, -0.05) is 25.5 Å². The number of hydrogen-bond acceptors (Lipinski definition) is 3. The molecular formula is C22H32O3. The number of allylic oxidation sites excluding steroid dienone is 1. The molecule has 0 aromatic rings. The van der Waals surface area contributed by atoms with Crippen LogP contribution < -0.4 is 0 Å². The third-order valence-electron chi connectivity index (χ3n) is 9.46. The molecule has 0 bridgehead atoms. The SMILES string of the molecule is CC(=O)[C@]12O[C@]1(C)C[C@@H]1[C@H]3CC=C4C[C@@H](O)CC[C@]4(C)[C@@H]3CC[C@]12C. The molecule has 0 unspecified atom stereocenters. The highest BCUT2D eigenvalue weighted by atomic mass is 16.6. The lowest BCUT2D eigenvalue weighted by Crippen LogP contribution is -2.54. The Morgan fingerprint density at radius 1 is 1.20 bits per heavy atom. The summed E-state index contributed by atoms with van der Waals surface area (Å²) in [4.78, 5) is 12.6. The van der Waals surface area contributed by atoms with Crippen LogP contribution >= 0.6 is 0 Å². The summed E-state index contributed by atoms with van der Waals surface area (Å²) < 4.78 is 6.19. The average molecular weight is 344 g/mol. The highest BCUT2D eigenvalue weighted by Crippen LogP contribution is 2.77. The van der Waals surface area contributed by atoms with Crippen LogP contribution in [0.4, 0.5) is 0 Å². The summed E-state index contributed by atoms with van der Waals surface area (Å²) in [5.41, 5.74) is 1.05. The number of aliphatic hydroxyl groups is 1. The van der Waals surface area contributed by atoms with Crippen molar-refractivity contribution in [3.63, 3.8) is 0 Å². The van der Waals surface area contributed by atoms with Gasteiger partial charge >= 0.3 is 0 Å². The van der Waals surface area contributed by atoms with Crippen LogP contribution in [0.1, 0.15) is 72.6 Å². The predicted octanol–water partition coefficient (Wildman–Crippen LogP) is 4.04. The first-order valence-electron chi connectivity index (χ1n) is 10.3. The van der Waals surface area contributed by atoms with Crippen LogP contribution in [0.3, 0.4) is 0 Å². The van der Waals surface area contributed by atoms with E-state index < -0.39 is 5.60 Å². The van der Waals surface area contributed by atoms with Crippen molar-refractivity contribution in [2.45, 2.75) is 89.9 Å². The Bertz CT molecular complexity index is 683. The third kappa shape index (κ3) is 1.69. The standard InChI is InChI=1S/C22H32O3/c1-13(23)22-20(3)10-8-17-16(18(20)12-21(22,4)25-22)6-5-14-11-15(24)7-9-19(14,17)2/h5,15-18,24H,6-12H2,1-4H3/t15-,16-,17+,18+,19-,20+,21+,22+/m0/s1. The van der Waals surface area contributed by atoms with Crippen molar-refractivity contribution < 1.29 is 14.6 Å². The zero-order chi connectivity index (χ0) is 17.8. The minimum Gasteiger partial charge on any atom is -0.393 e. The quantitative estimate of drug-likeness (QED) is 0.577. The van der Waals surface area contributed by atoms with Gasteiger partial charge in [0.2, 0.25) is 0 Å². The number of Topliss-reactive ketones (excluding diaryl/α,β-unsaturated/α-hetero) is 1. The van der Waals surface area contributed by atoms with Crippen molar-refractivity contribution in [1.29, 1.82) is 0 Å². The van der Waals surface area contributed by atoms with Crippen molar-refractivity contribution in [3.05, 3.63) is 11.6 Å². The Hall–Kier alpha value is -0.670. The molecule has 4 aliphatic carbocycles. The fourth-order valence-corrected chi connectivity index (χ4v) is 8.26. The van der Waals surface area contributed by atoms with E-state index in [0.29, 0.717) is 17.8 Å². The molecule has 1 saturated heterocycles. The van der Waals surface area contributed by atoms with Crippen LogP contribution in [0.2, 0.25) is 0 Å². The normalized spacial score (nSPS) is 59.2. The number of carbonyl (C=O) groups is 1. The molecule has 3 saturated carbocycles. The number of aliphatic hydroxyl groups excluding tert-OH is 1. The average Bonchev–Trinajstić information content (AvgIpc) is 3.13. The van der Waals surface area contributed by atoms with Crippen LogP contribution in [0.5, 0.6) is 0 Å². The molecule has 3 nitrogen and oxygen atoms in total.